The molecule has 162 valence electrons. The zero-order valence-corrected chi connectivity index (χ0v) is 18.7. The Morgan fingerprint density at radius 3 is 2.59 bits per heavy atom. The third kappa shape index (κ3) is 3.20. The van der Waals surface area contributed by atoms with Gasteiger partial charge in [0.25, 0.3) is 0 Å². The van der Waals surface area contributed by atoms with Gasteiger partial charge in [0, 0.05) is 31.1 Å². The van der Waals surface area contributed by atoms with Gasteiger partial charge in [0.2, 0.25) is 0 Å². The number of methoxy groups -OCH3 is 1. The topological polar surface area (TPSA) is 60.4 Å². The molecule has 0 aromatic rings. The second-order valence-electron chi connectivity index (χ2n) is 11.1. The Labute approximate surface area is 175 Å². The summed E-state index contributed by atoms with van der Waals surface area (Å²) in [6.07, 6.45) is 9.00. The standard InChI is InChI=1S/C25H38O4/c1-15(5-10-23(28)29-4)19-8-9-20-18-7-6-16-13-17(26)11-12-24(16,2)21(18)14-22(27)25(19,20)3/h15-16,18-21H,5-14H2,1-4H3/t15-,16?,18+,19-,20+,21+,24+,25-/m1/s1. The van der Waals surface area contributed by atoms with Crippen LogP contribution in [-0.2, 0) is 19.1 Å². The SMILES string of the molecule is COC(=O)CC[C@@H](C)[C@H]1CC[C@H]2[C@@H]3CCC4CC(=O)CC[C@]4(C)[C@H]3CC(=O)[C@]12C. The molecule has 0 bridgehead atoms. The number of rotatable bonds is 4. The summed E-state index contributed by atoms with van der Waals surface area (Å²) in [5, 5.41) is 0. The number of carbonyl (C=O) groups is 3. The highest BCUT2D eigenvalue weighted by molar-refractivity contribution is 5.87. The quantitative estimate of drug-likeness (QED) is 0.622. The Hall–Kier alpha value is -1.19. The first-order chi connectivity index (χ1) is 13.7. The number of Topliss-reactive ketones (excluding diaryl/α,β-unsaturated/α-hetero) is 2. The van der Waals surface area contributed by atoms with E-state index in [9.17, 15) is 14.4 Å². The first-order valence-corrected chi connectivity index (χ1v) is 11.8. The number of ketones is 2. The molecule has 0 aliphatic heterocycles. The summed E-state index contributed by atoms with van der Waals surface area (Å²) < 4.78 is 4.83. The molecule has 0 aromatic heterocycles. The molecule has 1 unspecified atom stereocenters. The number of fused-ring (bicyclic) bond motifs is 5. The van der Waals surface area contributed by atoms with Gasteiger partial charge in [-0.25, -0.2) is 0 Å². The van der Waals surface area contributed by atoms with Crippen LogP contribution in [-0.4, -0.2) is 24.6 Å². The maximum Gasteiger partial charge on any atom is 0.305 e. The molecule has 0 heterocycles. The summed E-state index contributed by atoms with van der Waals surface area (Å²) in [4.78, 5) is 37.4. The summed E-state index contributed by atoms with van der Waals surface area (Å²) in [5.74, 6) is 3.55. The van der Waals surface area contributed by atoms with Gasteiger partial charge in [0.1, 0.15) is 11.6 Å². The van der Waals surface area contributed by atoms with Gasteiger partial charge in [-0.3, -0.25) is 14.4 Å². The molecule has 0 amide bonds. The van der Waals surface area contributed by atoms with Crippen molar-refractivity contribution in [3.05, 3.63) is 0 Å². The van der Waals surface area contributed by atoms with Crippen LogP contribution in [0.25, 0.3) is 0 Å². The summed E-state index contributed by atoms with van der Waals surface area (Å²) in [6.45, 7) is 6.87. The molecule has 0 saturated heterocycles. The molecular weight excluding hydrogens is 364 g/mol. The van der Waals surface area contributed by atoms with E-state index in [1.165, 1.54) is 13.5 Å². The van der Waals surface area contributed by atoms with Gasteiger partial charge in [-0.2, -0.15) is 0 Å². The molecule has 4 aliphatic carbocycles. The van der Waals surface area contributed by atoms with Crippen LogP contribution in [0.3, 0.4) is 0 Å². The third-order valence-electron chi connectivity index (χ3n) is 10.1. The van der Waals surface area contributed by atoms with Crippen molar-refractivity contribution in [2.45, 2.75) is 85.0 Å². The Balaban J connectivity index is 1.55. The van der Waals surface area contributed by atoms with Crippen LogP contribution in [0.4, 0.5) is 0 Å². The van der Waals surface area contributed by atoms with Gasteiger partial charge in [-0.15, -0.1) is 0 Å². The van der Waals surface area contributed by atoms with Crippen LogP contribution in [0.5, 0.6) is 0 Å². The second kappa shape index (κ2) is 7.50. The van der Waals surface area contributed by atoms with Gasteiger partial charge in [0.15, 0.2) is 0 Å². The lowest BCUT2D eigenvalue weighted by atomic mass is 9.44. The van der Waals surface area contributed by atoms with E-state index in [1.54, 1.807) is 0 Å². The molecule has 0 N–H and O–H groups in total. The van der Waals surface area contributed by atoms with Crippen molar-refractivity contribution in [1.82, 2.24) is 0 Å². The third-order valence-corrected chi connectivity index (χ3v) is 10.1. The molecular formula is C25H38O4. The highest BCUT2D eigenvalue weighted by Crippen LogP contribution is 2.67. The Morgan fingerprint density at radius 2 is 1.86 bits per heavy atom. The summed E-state index contributed by atoms with van der Waals surface area (Å²) in [6, 6.07) is 0. The minimum Gasteiger partial charge on any atom is -0.469 e. The summed E-state index contributed by atoms with van der Waals surface area (Å²) >= 11 is 0. The van der Waals surface area contributed by atoms with Crippen LogP contribution in [0.15, 0.2) is 0 Å². The number of hydrogen-bond donors (Lipinski definition) is 0. The fraction of sp³-hybridized carbons (Fsp3) is 0.880. The zero-order valence-electron chi connectivity index (χ0n) is 18.7. The van der Waals surface area contributed by atoms with E-state index in [1.807, 2.05) is 0 Å². The van der Waals surface area contributed by atoms with E-state index < -0.39 is 0 Å². The van der Waals surface area contributed by atoms with Gasteiger partial charge in [0.05, 0.1) is 7.11 Å². The van der Waals surface area contributed by atoms with Gasteiger partial charge >= 0.3 is 5.97 Å². The maximum atomic E-state index is 13.7. The lowest BCUT2D eigenvalue weighted by Crippen LogP contribution is -2.57. The van der Waals surface area contributed by atoms with E-state index in [0.717, 1.165) is 38.5 Å². The van der Waals surface area contributed by atoms with Crippen molar-refractivity contribution < 1.29 is 19.1 Å². The monoisotopic (exact) mass is 402 g/mol. The highest BCUT2D eigenvalue weighted by atomic mass is 16.5. The largest absolute Gasteiger partial charge is 0.469 e. The van der Waals surface area contributed by atoms with Crippen molar-refractivity contribution in [2.24, 2.45) is 46.3 Å². The Kier molecular flexibility index (Phi) is 5.44. The minimum absolute atomic E-state index is 0.148. The van der Waals surface area contributed by atoms with Crippen molar-refractivity contribution >= 4 is 17.5 Å². The van der Waals surface area contributed by atoms with Crippen LogP contribution < -0.4 is 0 Å². The Bertz CT molecular complexity index is 699. The molecule has 4 fully saturated rings. The maximum absolute atomic E-state index is 13.7. The lowest BCUT2D eigenvalue weighted by Gasteiger charge is -2.59. The zero-order chi connectivity index (χ0) is 21.0. The predicted molar refractivity (Wildman–Crippen MR) is 111 cm³/mol. The number of hydrogen-bond acceptors (Lipinski definition) is 4. The van der Waals surface area contributed by atoms with Crippen LogP contribution in [0.1, 0.15) is 85.0 Å². The van der Waals surface area contributed by atoms with Crippen molar-refractivity contribution in [1.29, 1.82) is 0 Å². The van der Waals surface area contributed by atoms with E-state index in [4.69, 9.17) is 4.74 Å². The molecule has 8 atom stereocenters. The average molecular weight is 403 g/mol. The van der Waals surface area contributed by atoms with Crippen molar-refractivity contribution in [3.8, 4) is 0 Å². The first kappa shape index (κ1) is 21.1. The van der Waals surface area contributed by atoms with E-state index in [0.29, 0.717) is 66.3 Å². The molecule has 4 rings (SSSR count). The average Bonchev–Trinajstić information content (AvgIpc) is 3.06. The molecule has 29 heavy (non-hydrogen) atoms. The molecule has 4 saturated carbocycles. The van der Waals surface area contributed by atoms with Crippen molar-refractivity contribution in [3.63, 3.8) is 0 Å². The van der Waals surface area contributed by atoms with Crippen LogP contribution >= 0.6 is 0 Å². The molecule has 0 spiro atoms. The molecule has 4 heteroatoms. The van der Waals surface area contributed by atoms with E-state index >= 15 is 0 Å². The number of esters is 1. The lowest BCUT2D eigenvalue weighted by molar-refractivity contribution is -0.159. The van der Waals surface area contributed by atoms with Gasteiger partial charge in [-0.05, 0) is 79.4 Å². The van der Waals surface area contributed by atoms with Gasteiger partial charge in [-0.1, -0.05) is 20.8 Å². The fourth-order valence-electron chi connectivity index (χ4n) is 8.34. The summed E-state index contributed by atoms with van der Waals surface area (Å²) in [7, 11) is 1.44. The number of ether oxygens (including phenoxy) is 1. The predicted octanol–water partition coefficient (Wildman–Crippen LogP) is 4.98. The summed E-state index contributed by atoms with van der Waals surface area (Å²) in [5.41, 5.74) is -0.0627. The smallest absolute Gasteiger partial charge is 0.305 e. The number of carbonyl (C=O) groups excluding carboxylic acids is 3. The molecule has 4 aliphatic rings. The Morgan fingerprint density at radius 1 is 1.10 bits per heavy atom. The van der Waals surface area contributed by atoms with E-state index in [2.05, 4.69) is 20.8 Å². The highest BCUT2D eigenvalue weighted by Gasteiger charge is 2.63. The van der Waals surface area contributed by atoms with Crippen molar-refractivity contribution in [2.75, 3.05) is 7.11 Å². The van der Waals surface area contributed by atoms with Gasteiger partial charge < -0.3 is 4.74 Å². The van der Waals surface area contributed by atoms with E-state index in [-0.39, 0.29) is 16.8 Å². The fourth-order valence-corrected chi connectivity index (χ4v) is 8.34. The molecule has 0 aromatic carbocycles. The normalized spacial score (nSPS) is 45.2. The van der Waals surface area contributed by atoms with Crippen LogP contribution in [0.2, 0.25) is 0 Å². The van der Waals surface area contributed by atoms with Crippen LogP contribution in [0, 0.1) is 46.3 Å². The first-order valence-electron chi connectivity index (χ1n) is 11.8. The minimum atomic E-state index is -0.232. The molecule has 4 nitrogen and oxygen atoms in total. The second-order valence-corrected chi connectivity index (χ2v) is 11.1. The molecule has 0 radical (unpaired) electrons.